The van der Waals surface area contributed by atoms with Gasteiger partial charge in [0.15, 0.2) is 5.82 Å². The Balaban J connectivity index is 1.72. The second kappa shape index (κ2) is 5.43. The van der Waals surface area contributed by atoms with E-state index >= 15 is 0 Å². The van der Waals surface area contributed by atoms with Crippen LogP contribution in [0, 0.1) is 5.92 Å². The molecule has 0 saturated carbocycles. The minimum atomic E-state index is 0.335. The molecule has 1 fully saturated rings. The molecule has 3 rings (SSSR count). The largest absolute Gasteiger partial charge is 0.339 e. The number of nitrogens with one attached hydrogen (secondary N) is 1. The zero-order valence-electron chi connectivity index (χ0n) is 10.8. The highest BCUT2D eigenvalue weighted by Gasteiger charge is 2.28. The maximum Gasteiger partial charge on any atom is 0.229 e. The van der Waals surface area contributed by atoms with Crippen LogP contribution in [-0.4, -0.2) is 23.2 Å². The zero-order chi connectivity index (χ0) is 13.2. The van der Waals surface area contributed by atoms with E-state index in [2.05, 4.69) is 44.4 Å². The van der Waals surface area contributed by atoms with Crippen LogP contribution >= 0.6 is 15.9 Å². The first-order valence-corrected chi connectivity index (χ1v) is 7.30. The van der Waals surface area contributed by atoms with Crippen molar-refractivity contribution in [2.24, 2.45) is 5.92 Å². The average Bonchev–Trinajstić information content (AvgIpc) is 2.78. The number of hydrogen-bond donors (Lipinski definition) is 1. The fraction of sp³-hybridized carbons (Fsp3) is 0.429. The summed E-state index contributed by atoms with van der Waals surface area (Å²) in [5.74, 6) is 2.47. The lowest BCUT2D eigenvalue weighted by atomic mass is 9.89. The van der Waals surface area contributed by atoms with Gasteiger partial charge in [0.1, 0.15) is 0 Å². The summed E-state index contributed by atoms with van der Waals surface area (Å²) in [6.07, 6.45) is 0.695. The molecule has 2 heterocycles. The van der Waals surface area contributed by atoms with Crippen molar-refractivity contribution in [3.8, 4) is 0 Å². The maximum absolute atomic E-state index is 5.39. The normalized spacial score (nSPS) is 17.2. The van der Waals surface area contributed by atoms with E-state index in [1.807, 2.05) is 18.2 Å². The first kappa shape index (κ1) is 12.8. The Morgan fingerprint density at radius 3 is 2.89 bits per heavy atom. The van der Waals surface area contributed by atoms with Crippen LogP contribution in [-0.2, 0) is 6.42 Å². The highest BCUT2D eigenvalue weighted by Crippen LogP contribution is 2.26. The molecule has 1 aromatic carbocycles. The Labute approximate surface area is 120 Å². The number of rotatable bonds is 4. The van der Waals surface area contributed by atoms with Crippen LogP contribution < -0.4 is 5.32 Å². The maximum atomic E-state index is 5.39. The van der Waals surface area contributed by atoms with E-state index < -0.39 is 0 Å². The predicted molar refractivity (Wildman–Crippen MR) is 76.0 cm³/mol. The average molecular weight is 322 g/mol. The van der Waals surface area contributed by atoms with E-state index in [-0.39, 0.29) is 0 Å². The first-order chi connectivity index (χ1) is 9.24. The van der Waals surface area contributed by atoms with Gasteiger partial charge in [0, 0.05) is 16.8 Å². The minimum Gasteiger partial charge on any atom is -0.339 e. The third kappa shape index (κ3) is 2.72. The fourth-order valence-electron chi connectivity index (χ4n) is 2.20. The summed E-state index contributed by atoms with van der Waals surface area (Å²) in [6, 6.07) is 8.11. The molecule has 0 amide bonds. The summed E-state index contributed by atoms with van der Waals surface area (Å²) >= 11 is 3.54. The van der Waals surface area contributed by atoms with Gasteiger partial charge in [0.05, 0.1) is 0 Å². The van der Waals surface area contributed by atoms with Crippen molar-refractivity contribution in [1.29, 1.82) is 0 Å². The molecular weight excluding hydrogens is 306 g/mol. The number of aromatic nitrogens is 2. The predicted octanol–water partition coefficient (Wildman–Crippen LogP) is 2.75. The van der Waals surface area contributed by atoms with Crippen LogP contribution in [0.1, 0.15) is 30.1 Å². The minimum absolute atomic E-state index is 0.335. The lowest BCUT2D eigenvalue weighted by Gasteiger charge is -2.30. The number of nitrogens with zero attached hydrogens (tertiary/aromatic N) is 2. The topological polar surface area (TPSA) is 51.0 Å². The SMILES string of the molecule is CC(c1nc(Cc2ccccc2Br)no1)C1CNC1. The Morgan fingerprint density at radius 1 is 1.42 bits per heavy atom. The Morgan fingerprint density at radius 2 is 2.21 bits per heavy atom. The van der Waals surface area contributed by atoms with Gasteiger partial charge in [0.2, 0.25) is 5.89 Å². The standard InChI is InChI=1S/C14H16BrN3O/c1-9(11-7-16-8-11)14-17-13(18-19-14)6-10-4-2-3-5-12(10)15/h2-5,9,11,16H,6-8H2,1H3. The molecule has 0 aliphatic carbocycles. The van der Waals surface area contributed by atoms with E-state index in [0.29, 0.717) is 18.3 Å². The van der Waals surface area contributed by atoms with Gasteiger partial charge in [-0.05, 0) is 30.6 Å². The second-order valence-corrected chi connectivity index (χ2v) is 5.88. The number of hydrogen-bond acceptors (Lipinski definition) is 4. The Bertz CT molecular complexity index is 565. The van der Waals surface area contributed by atoms with Crippen molar-refractivity contribution in [2.75, 3.05) is 13.1 Å². The van der Waals surface area contributed by atoms with Crippen LogP contribution in [0.2, 0.25) is 0 Å². The number of halogens is 1. The van der Waals surface area contributed by atoms with E-state index in [0.717, 1.165) is 29.3 Å². The summed E-state index contributed by atoms with van der Waals surface area (Å²) in [7, 11) is 0. The molecule has 1 N–H and O–H groups in total. The zero-order valence-corrected chi connectivity index (χ0v) is 12.4. The van der Waals surface area contributed by atoms with Crippen LogP contribution in [0.4, 0.5) is 0 Å². The van der Waals surface area contributed by atoms with Gasteiger partial charge >= 0.3 is 0 Å². The molecule has 1 unspecified atom stereocenters. The lowest BCUT2D eigenvalue weighted by molar-refractivity contribution is 0.252. The van der Waals surface area contributed by atoms with Gasteiger partial charge in [-0.15, -0.1) is 0 Å². The molecule has 5 heteroatoms. The molecule has 1 atom stereocenters. The molecular formula is C14H16BrN3O. The van der Waals surface area contributed by atoms with E-state index in [1.165, 1.54) is 5.56 Å². The monoisotopic (exact) mass is 321 g/mol. The summed E-state index contributed by atoms with van der Waals surface area (Å²) in [5.41, 5.74) is 1.17. The van der Waals surface area contributed by atoms with Crippen molar-refractivity contribution in [1.82, 2.24) is 15.5 Å². The molecule has 100 valence electrons. The molecule has 0 spiro atoms. The van der Waals surface area contributed by atoms with Gasteiger partial charge in [-0.1, -0.05) is 46.2 Å². The van der Waals surface area contributed by atoms with E-state index in [4.69, 9.17) is 4.52 Å². The number of benzene rings is 1. The molecule has 1 aromatic heterocycles. The van der Waals surface area contributed by atoms with Crippen molar-refractivity contribution in [3.05, 3.63) is 46.0 Å². The molecule has 0 bridgehead atoms. The molecule has 2 aromatic rings. The van der Waals surface area contributed by atoms with Gasteiger partial charge in [-0.3, -0.25) is 0 Å². The van der Waals surface area contributed by atoms with Gasteiger partial charge in [0.25, 0.3) is 0 Å². The molecule has 1 aliphatic rings. The lowest BCUT2D eigenvalue weighted by Crippen LogP contribution is -2.44. The summed E-state index contributed by atoms with van der Waals surface area (Å²) in [4.78, 5) is 4.52. The highest BCUT2D eigenvalue weighted by atomic mass is 79.9. The Kier molecular flexibility index (Phi) is 3.66. The molecule has 1 aliphatic heterocycles. The van der Waals surface area contributed by atoms with Crippen LogP contribution in [0.3, 0.4) is 0 Å². The highest BCUT2D eigenvalue weighted by molar-refractivity contribution is 9.10. The molecule has 4 nitrogen and oxygen atoms in total. The first-order valence-electron chi connectivity index (χ1n) is 6.50. The quantitative estimate of drug-likeness (QED) is 0.940. The third-order valence-corrected chi connectivity index (χ3v) is 4.47. The van der Waals surface area contributed by atoms with Gasteiger partial charge in [-0.2, -0.15) is 4.98 Å². The van der Waals surface area contributed by atoms with Crippen molar-refractivity contribution >= 4 is 15.9 Å². The summed E-state index contributed by atoms with van der Waals surface area (Å²) in [6.45, 7) is 4.24. The third-order valence-electron chi connectivity index (χ3n) is 3.70. The van der Waals surface area contributed by atoms with Crippen molar-refractivity contribution < 1.29 is 4.52 Å². The van der Waals surface area contributed by atoms with E-state index in [1.54, 1.807) is 0 Å². The van der Waals surface area contributed by atoms with Crippen molar-refractivity contribution in [3.63, 3.8) is 0 Å². The molecule has 0 radical (unpaired) electrons. The smallest absolute Gasteiger partial charge is 0.229 e. The molecule has 19 heavy (non-hydrogen) atoms. The van der Waals surface area contributed by atoms with Gasteiger partial charge < -0.3 is 9.84 Å². The van der Waals surface area contributed by atoms with E-state index in [9.17, 15) is 0 Å². The van der Waals surface area contributed by atoms with Crippen LogP contribution in [0.25, 0.3) is 0 Å². The van der Waals surface area contributed by atoms with Crippen LogP contribution in [0.15, 0.2) is 33.3 Å². The van der Waals surface area contributed by atoms with Crippen LogP contribution in [0.5, 0.6) is 0 Å². The summed E-state index contributed by atoms with van der Waals surface area (Å²) < 4.78 is 6.47. The molecule has 1 saturated heterocycles. The second-order valence-electron chi connectivity index (χ2n) is 5.02. The Hall–Kier alpha value is -1.20. The van der Waals surface area contributed by atoms with Gasteiger partial charge in [-0.25, -0.2) is 0 Å². The summed E-state index contributed by atoms with van der Waals surface area (Å²) in [5, 5.41) is 7.36. The van der Waals surface area contributed by atoms with Crippen molar-refractivity contribution in [2.45, 2.75) is 19.3 Å². The fourth-order valence-corrected chi connectivity index (χ4v) is 2.63.